The van der Waals surface area contributed by atoms with Crippen LogP contribution in [0.25, 0.3) is 0 Å². The lowest BCUT2D eigenvalue weighted by Crippen LogP contribution is -2.37. The summed E-state index contributed by atoms with van der Waals surface area (Å²) in [7, 11) is 0. The highest BCUT2D eigenvalue weighted by atomic mass is 16.4. The van der Waals surface area contributed by atoms with Gasteiger partial charge in [0.2, 0.25) is 5.91 Å². The van der Waals surface area contributed by atoms with Crippen molar-refractivity contribution in [2.45, 2.75) is 38.1 Å². The van der Waals surface area contributed by atoms with Gasteiger partial charge in [0.15, 0.2) is 0 Å². The molecule has 0 aromatic heterocycles. The molecule has 1 aromatic rings. The summed E-state index contributed by atoms with van der Waals surface area (Å²) < 4.78 is 0. The van der Waals surface area contributed by atoms with Crippen LogP contribution in [0, 0.1) is 0 Å². The van der Waals surface area contributed by atoms with E-state index in [1.165, 1.54) is 24.0 Å². The standard InChI is InChI=1S/C14H18N2O3/c15-12(8-13(17)18)14(19)16-11-6-5-9-3-1-2-4-10(9)7-11/h5-7,12H,1-4,8,15H2,(H,16,19)(H,17,18). The average molecular weight is 262 g/mol. The van der Waals surface area contributed by atoms with E-state index in [1.807, 2.05) is 18.2 Å². The van der Waals surface area contributed by atoms with Gasteiger partial charge in [-0.2, -0.15) is 0 Å². The highest BCUT2D eigenvalue weighted by Crippen LogP contribution is 2.24. The number of benzene rings is 1. The van der Waals surface area contributed by atoms with Gasteiger partial charge in [0.05, 0.1) is 12.5 Å². The zero-order valence-electron chi connectivity index (χ0n) is 10.7. The van der Waals surface area contributed by atoms with Gasteiger partial charge in [-0.25, -0.2) is 0 Å². The molecule has 19 heavy (non-hydrogen) atoms. The Hall–Kier alpha value is -1.88. The number of hydrogen-bond donors (Lipinski definition) is 3. The lowest BCUT2D eigenvalue weighted by molar-refractivity contribution is -0.138. The number of nitrogens with two attached hydrogens (primary N) is 1. The van der Waals surface area contributed by atoms with Crippen LogP contribution in [0.5, 0.6) is 0 Å². The molecule has 2 rings (SSSR count). The molecule has 1 aromatic carbocycles. The first kappa shape index (κ1) is 13.5. The molecule has 1 aliphatic rings. The van der Waals surface area contributed by atoms with Gasteiger partial charge in [-0.15, -0.1) is 0 Å². The molecule has 4 N–H and O–H groups in total. The molecule has 0 bridgehead atoms. The Kier molecular flexibility index (Phi) is 4.16. The summed E-state index contributed by atoms with van der Waals surface area (Å²) in [5.41, 5.74) is 8.79. The van der Waals surface area contributed by atoms with E-state index >= 15 is 0 Å². The van der Waals surface area contributed by atoms with Crippen LogP contribution < -0.4 is 11.1 Å². The minimum absolute atomic E-state index is 0.364. The first-order chi connectivity index (χ1) is 9.06. The van der Waals surface area contributed by atoms with Crippen molar-refractivity contribution in [3.8, 4) is 0 Å². The Morgan fingerprint density at radius 3 is 2.63 bits per heavy atom. The maximum atomic E-state index is 11.7. The maximum absolute atomic E-state index is 11.7. The van der Waals surface area contributed by atoms with E-state index in [4.69, 9.17) is 10.8 Å². The van der Waals surface area contributed by atoms with Crippen LogP contribution in [0.4, 0.5) is 5.69 Å². The minimum atomic E-state index is -1.08. The number of rotatable bonds is 4. The number of carbonyl (C=O) groups is 2. The third kappa shape index (κ3) is 3.54. The molecular formula is C14H18N2O3. The largest absolute Gasteiger partial charge is 0.481 e. The quantitative estimate of drug-likeness (QED) is 0.762. The second-order valence-electron chi connectivity index (χ2n) is 4.88. The van der Waals surface area contributed by atoms with Crippen molar-refractivity contribution in [3.05, 3.63) is 29.3 Å². The lowest BCUT2D eigenvalue weighted by Gasteiger charge is -2.17. The van der Waals surface area contributed by atoms with E-state index in [1.54, 1.807) is 0 Å². The molecule has 1 unspecified atom stereocenters. The second-order valence-corrected chi connectivity index (χ2v) is 4.88. The van der Waals surface area contributed by atoms with Crippen molar-refractivity contribution in [3.63, 3.8) is 0 Å². The number of anilines is 1. The van der Waals surface area contributed by atoms with Gasteiger partial charge in [0.1, 0.15) is 0 Å². The molecule has 102 valence electrons. The van der Waals surface area contributed by atoms with E-state index in [9.17, 15) is 9.59 Å². The molecule has 0 aliphatic heterocycles. The van der Waals surface area contributed by atoms with Gasteiger partial charge >= 0.3 is 5.97 Å². The fourth-order valence-electron chi connectivity index (χ4n) is 2.33. The maximum Gasteiger partial charge on any atom is 0.305 e. The highest BCUT2D eigenvalue weighted by molar-refractivity contribution is 5.96. The summed E-state index contributed by atoms with van der Waals surface area (Å²) in [4.78, 5) is 22.2. The topological polar surface area (TPSA) is 92.4 Å². The zero-order valence-corrected chi connectivity index (χ0v) is 10.7. The monoisotopic (exact) mass is 262 g/mol. The first-order valence-corrected chi connectivity index (χ1v) is 6.46. The van der Waals surface area contributed by atoms with Crippen LogP contribution in [-0.2, 0) is 22.4 Å². The summed E-state index contributed by atoms with van der Waals surface area (Å²) >= 11 is 0. The van der Waals surface area contributed by atoms with Gasteiger partial charge in [-0.3, -0.25) is 9.59 Å². The Balaban J connectivity index is 2.03. The molecule has 0 fully saturated rings. The number of fused-ring (bicyclic) bond motifs is 1. The highest BCUT2D eigenvalue weighted by Gasteiger charge is 2.17. The number of aliphatic carboxylic acids is 1. The van der Waals surface area contributed by atoms with Crippen molar-refractivity contribution in [2.24, 2.45) is 5.73 Å². The number of carboxylic acids is 1. The number of amides is 1. The summed E-state index contributed by atoms with van der Waals surface area (Å²) in [5.74, 6) is -1.54. The van der Waals surface area contributed by atoms with E-state index in [0.29, 0.717) is 5.69 Å². The number of hydrogen-bond acceptors (Lipinski definition) is 3. The minimum Gasteiger partial charge on any atom is -0.481 e. The van der Waals surface area contributed by atoms with Crippen LogP contribution in [0.15, 0.2) is 18.2 Å². The summed E-state index contributed by atoms with van der Waals surface area (Å²) in [6, 6.07) is 4.80. The van der Waals surface area contributed by atoms with Gasteiger partial charge < -0.3 is 16.2 Å². The van der Waals surface area contributed by atoms with Crippen LogP contribution in [-0.4, -0.2) is 23.0 Å². The van der Waals surface area contributed by atoms with Crippen LogP contribution in [0.1, 0.15) is 30.4 Å². The van der Waals surface area contributed by atoms with Crippen LogP contribution >= 0.6 is 0 Å². The molecule has 1 atom stereocenters. The van der Waals surface area contributed by atoms with E-state index in [0.717, 1.165) is 12.8 Å². The van der Waals surface area contributed by atoms with Crippen LogP contribution in [0.3, 0.4) is 0 Å². The van der Waals surface area contributed by atoms with Gasteiger partial charge in [0.25, 0.3) is 0 Å². The van der Waals surface area contributed by atoms with E-state index < -0.39 is 17.9 Å². The van der Waals surface area contributed by atoms with Crippen molar-refractivity contribution < 1.29 is 14.7 Å². The predicted molar refractivity (Wildman–Crippen MR) is 71.9 cm³/mol. The number of nitrogens with one attached hydrogen (secondary N) is 1. The summed E-state index contributed by atoms with van der Waals surface area (Å²) in [6.07, 6.45) is 4.13. The van der Waals surface area contributed by atoms with Gasteiger partial charge in [0, 0.05) is 5.69 Å². The zero-order chi connectivity index (χ0) is 13.8. The smallest absolute Gasteiger partial charge is 0.305 e. The fraction of sp³-hybridized carbons (Fsp3) is 0.429. The predicted octanol–water partition coefficient (Wildman–Crippen LogP) is 1.31. The molecule has 0 heterocycles. The normalized spacial score (nSPS) is 15.4. The number of carboxylic acid groups (broad SMARTS) is 1. The Bertz CT molecular complexity index is 499. The number of aryl methyl sites for hydroxylation is 2. The average Bonchev–Trinajstić information content (AvgIpc) is 2.37. The molecule has 1 amide bonds. The van der Waals surface area contributed by atoms with Crippen molar-refractivity contribution in [1.29, 1.82) is 0 Å². The molecule has 0 saturated heterocycles. The third-order valence-electron chi connectivity index (χ3n) is 3.35. The molecule has 0 spiro atoms. The molecule has 0 radical (unpaired) electrons. The Morgan fingerprint density at radius 2 is 1.95 bits per heavy atom. The lowest BCUT2D eigenvalue weighted by atomic mass is 9.91. The molecule has 5 heteroatoms. The summed E-state index contributed by atoms with van der Waals surface area (Å²) in [6.45, 7) is 0. The first-order valence-electron chi connectivity index (χ1n) is 6.46. The van der Waals surface area contributed by atoms with Crippen molar-refractivity contribution in [1.82, 2.24) is 0 Å². The van der Waals surface area contributed by atoms with E-state index in [2.05, 4.69) is 5.32 Å². The second kappa shape index (κ2) is 5.84. The third-order valence-corrected chi connectivity index (χ3v) is 3.35. The van der Waals surface area contributed by atoms with Gasteiger partial charge in [-0.05, 0) is 48.9 Å². The van der Waals surface area contributed by atoms with Crippen molar-refractivity contribution in [2.75, 3.05) is 5.32 Å². The Labute approximate surface area is 111 Å². The molecular weight excluding hydrogens is 244 g/mol. The summed E-state index contributed by atoms with van der Waals surface area (Å²) in [5, 5.41) is 11.3. The molecule has 5 nitrogen and oxygen atoms in total. The Morgan fingerprint density at radius 1 is 1.26 bits per heavy atom. The van der Waals surface area contributed by atoms with Crippen molar-refractivity contribution >= 4 is 17.6 Å². The SMILES string of the molecule is NC(CC(=O)O)C(=O)Nc1ccc2c(c1)CCCC2. The van der Waals surface area contributed by atoms with E-state index in [-0.39, 0.29) is 6.42 Å². The van der Waals surface area contributed by atoms with Gasteiger partial charge in [-0.1, -0.05) is 6.07 Å². The molecule has 0 saturated carbocycles. The van der Waals surface area contributed by atoms with Crippen LogP contribution in [0.2, 0.25) is 0 Å². The molecule has 1 aliphatic carbocycles. The fourth-order valence-corrected chi connectivity index (χ4v) is 2.33. The number of carbonyl (C=O) groups excluding carboxylic acids is 1.